The van der Waals surface area contributed by atoms with E-state index in [0.717, 1.165) is 15.5 Å². The molecular formula is C16H24N2O3S2. The zero-order valence-corrected chi connectivity index (χ0v) is 15.1. The number of hydrogen-bond donors (Lipinski definition) is 3. The highest BCUT2D eigenvalue weighted by atomic mass is 32.2. The molecule has 0 radical (unpaired) electrons. The van der Waals surface area contributed by atoms with Crippen LogP contribution in [0.2, 0.25) is 0 Å². The summed E-state index contributed by atoms with van der Waals surface area (Å²) in [5, 5.41) is 3.22. The average Bonchev–Trinajstić information content (AvgIpc) is 2.52. The first-order valence-electron chi connectivity index (χ1n) is 7.20. The topological polar surface area (TPSA) is 92.4 Å². The summed E-state index contributed by atoms with van der Waals surface area (Å²) in [7, 11) is -3.92. The molecule has 0 fully saturated rings. The maximum absolute atomic E-state index is 10.8. The Kier molecular flexibility index (Phi) is 7.18. The number of thioether (sulfide) groups is 1. The van der Waals surface area contributed by atoms with Gasteiger partial charge in [0.25, 0.3) is 10.1 Å². The molecule has 1 aliphatic rings. The molecule has 0 atom stereocenters. The van der Waals surface area contributed by atoms with Gasteiger partial charge in [0.1, 0.15) is 0 Å². The van der Waals surface area contributed by atoms with Crippen LogP contribution in [-0.4, -0.2) is 25.3 Å². The van der Waals surface area contributed by atoms with Crippen molar-refractivity contribution in [2.24, 2.45) is 11.1 Å². The highest BCUT2D eigenvalue weighted by Gasteiger charge is 2.17. The predicted molar refractivity (Wildman–Crippen MR) is 98.2 cm³/mol. The lowest BCUT2D eigenvalue weighted by atomic mass is 9.93. The summed E-state index contributed by atoms with van der Waals surface area (Å²) in [5.41, 5.74) is 6.17. The van der Waals surface area contributed by atoms with Crippen LogP contribution < -0.4 is 11.1 Å². The SMILES string of the molecule is C=C(/C=C/N)SC1=CC(C)(C)C=CC=C1NCCCS(=O)(=O)O. The third kappa shape index (κ3) is 8.11. The number of hydrogen-bond acceptors (Lipinski definition) is 5. The number of rotatable bonds is 8. The molecule has 0 saturated heterocycles. The third-order valence-corrected chi connectivity index (χ3v) is 4.74. The molecule has 4 N–H and O–H groups in total. The Balaban J connectivity index is 2.82. The van der Waals surface area contributed by atoms with Crippen molar-refractivity contribution in [3.63, 3.8) is 0 Å². The van der Waals surface area contributed by atoms with Crippen molar-refractivity contribution in [2.45, 2.75) is 20.3 Å². The van der Waals surface area contributed by atoms with Crippen molar-refractivity contribution >= 4 is 21.9 Å². The quantitative estimate of drug-likeness (QED) is 0.352. The second-order valence-electron chi connectivity index (χ2n) is 5.76. The van der Waals surface area contributed by atoms with Crippen molar-refractivity contribution in [3.05, 3.63) is 58.7 Å². The molecule has 1 aliphatic carbocycles. The van der Waals surface area contributed by atoms with Crippen molar-refractivity contribution in [2.75, 3.05) is 12.3 Å². The van der Waals surface area contributed by atoms with Crippen molar-refractivity contribution in [3.8, 4) is 0 Å². The molecule has 0 spiro atoms. The number of nitrogens with one attached hydrogen (secondary N) is 1. The smallest absolute Gasteiger partial charge is 0.264 e. The Morgan fingerprint density at radius 2 is 2.22 bits per heavy atom. The zero-order valence-electron chi connectivity index (χ0n) is 13.5. The van der Waals surface area contributed by atoms with Gasteiger partial charge in [-0.15, -0.1) is 0 Å². The Hall–Kier alpha value is -1.44. The van der Waals surface area contributed by atoms with E-state index in [-0.39, 0.29) is 11.2 Å². The van der Waals surface area contributed by atoms with Gasteiger partial charge in [-0.1, -0.05) is 50.4 Å². The second-order valence-corrected chi connectivity index (χ2v) is 8.50. The molecule has 23 heavy (non-hydrogen) atoms. The molecule has 0 aliphatic heterocycles. The lowest BCUT2D eigenvalue weighted by molar-refractivity contribution is 0.480. The van der Waals surface area contributed by atoms with Gasteiger partial charge in [-0.25, -0.2) is 0 Å². The van der Waals surface area contributed by atoms with Crippen LogP contribution in [-0.2, 0) is 10.1 Å². The van der Waals surface area contributed by atoms with Gasteiger partial charge >= 0.3 is 0 Å². The van der Waals surface area contributed by atoms with Gasteiger partial charge in [-0.05, 0) is 24.8 Å². The molecule has 0 amide bonds. The summed E-state index contributed by atoms with van der Waals surface area (Å²) in [6, 6.07) is 0. The van der Waals surface area contributed by atoms with Crippen LogP contribution >= 0.6 is 11.8 Å². The minimum atomic E-state index is -3.92. The van der Waals surface area contributed by atoms with Crippen LogP contribution in [0.1, 0.15) is 20.3 Å². The Morgan fingerprint density at radius 1 is 1.52 bits per heavy atom. The lowest BCUT2D eigenvalue weighted by Gasteiger charge is -2.18. The van der Waals surface area contributed by atoms with E-state index >= 15 is 0 Å². The molecular weight excluding hydrogens is 332 g/mol. The van der Waals surface area contributed by atoms with Crippen LogP contribution in [0, 0.1) is 5.41 Å². The summed E-state index contributed by atoms with van der Waals surface area (Å²) < 4.78 is 30.3. The Morgan fingerprint density at radius 3 is 2.83 bits per heavy atom. The second kappa shape index (κ2) is 8.42. The third-order valence-electron chi connectivity index (χ3n) is 2.97. The summed E-state index contributed by atoms with van der Waals surface area (Å²) in [6.07, 6.45) is 11.6. The molecule has 5 nitrogen and oxygen atoms in total. The van der Waals surface area contributed by atoms with Crippen molar-refractivity contribution in [1.82, 2.24) is 5.32 Å². The molecule has 0 aromatic rings. The van der Waals surface area contributed by atoms with E-state index in [2.05, 4.69) is 37.9 Å². The van der Waals surface area contributed by atoms with E-state index in [4.69, 9.17) is 10.3 Å². The van der Waals surface area contributed by atoms with E-state index in [1.54, 1.807) is 6.08 Å². The van der Waals surface area contributed by atoms with Crippen LogP contribution in [0.25, 0.3) is 0 Å². The fraction of sp³-hybridized carbons (Fsp3) is 0.375. The minimum Gasteiger partial charge on any atom is -0.405 e. The molecule has 0 aromatic carbocycles. The fourth-order valence-corrected chi connectivity index (χ4v) is 3.48. The molecule has 0 aromatic heterocycles. The average molecular weight is 357 g/mol. The molecule has 128 valence electrons. The predicted octanol–water partition coefficient (Wildman–Crippen LogP) is 2.94. The van der Waals surface area contributed by atoms with E-state index in [9.17, 15) is 8.42 Å². The van der Waals surface area contributed by atoms with Crippen LogP contribution in [0.5, 0.6) is 0 Å². The van der Waals surface area contributed by atoms with Gasteiger partial charge in [-0.3, -0.25) is 4.55 Å². The molecule has 0 saturated carbocycles. The number of allylic oxidation sites excluding steroid dienone is 5. The normalized spacial score (nSPS) is 17.5. The molecule has 0 unspecified atom stereocenters. The standard InChI is InChI=1S/C16H24N2O3S2/c1-13(7-9-17)22-15-12-16(2,3)8-4-6-14(15)18-10-5-11-23(19,20)21/h4,6-9,12,18H,1,5,10-11,17H2,2-3H3,(H,19,20,21)/b9-7+. The fourth-order valence-electron chi connectivity index (χ4n) is 1.93. The number of nitrogens with two attached hydrogens (primary N) is 1. The van der Waals surface area contributed by atoms with Crippen LogP contribution in [0.3, 0.4) is 0 Å². The maximum Gasteiger partial charge on any atom is 0.264 e. The highest BCUT2D eigenvalue weighted by molar-refractivity contribution is 8.07. The summed E-state index contributed by atoms with van der Waals surface area (Å²) in [4.78, 5) is 1.80. The van der Waals surface area contributed by atoms with E-state index in [0.29, 0.717) is 13.0 Å². The molecule has 1 rings (SSSR count). The van der Waals surface area contributed by atoms with Gasteiger partial charge in [0.2, 0.25) is 0 Å². The van der Waals surface area contributed by atoms with Gasteiger partial charge in [0.05, 0.1) is 5.75 Å². The first-order valence-corrected chi connectivity index (χ1v) is 9.62. The largest absolute Gasteiger partial charge is 0.405 e. The van der Waals surface area contributed by atoms with Crippen LogP contribution in [0.4, 0.5) is 0 Å². The molecule has 0 heterocycles. The van der Waals surface area contributed by atoms with E-state index < -0.39 is 10.1 Å². The highest BCUT2D eigenvalue weighted by Crippen LogP contribution is 2.36. The summed E-state index contributed by atoms with van der Waals surface area (Å²) in [5.74, 6) is -0.260. The van der Waals surface area contributed by atoms with Crippen molar-refractivity contribution in [1.29, 1.82) is 0 Å². The maximum atomic E-state index is 10.8. The summed E-state index contributed by atoms with van der Waals surface area (Å²) >= 11 is 1.49. The zero-order chi connectivity index (χ0) is 17.5. The van der Waals surface area contributed by atoms with Crippen molar-refractivity contribution < 1.29 is 13.0 Å². The van der Waals surface area contributed by atoms with Gasteiger partial charge in [0.15, 0.2) is 0 Å². The molecule has 7 heteroatoms. The van der Waals surface area contributed by atoms with E-state index in [1.807, 2.05) is 12.2 Å². The molecule has 0 bridgehead atoms. The van der Waals surface area contributed by atoms with Gasteiger partial charge < -0.3 is 11.1 Å². The Bertz CT molecular complexity index is 657. The van der Waals surface area contributed by atoms with Gasteiger partial charge in [0, 0.05) is 27.5 Å². The van der Waals surface area contributed by atoms with E-state index in [1.165, 1.54) is 18.0 Å². The van der Waals surface area contributed by atoms with Crippen LogP contribution in [0.15, 0.2) is 58.7 Å². The first-order chi connectivity index (χ1) is 10.6. The van der Waals surface area contributed by atoms with Gasteiger partial charge in [-0.2, -0.15) is 8.42 Å². The summed E-state index contributed by atoms with van der Waals surface area (Å²) in [6.45, 7) is 8.58. The minimum absolute atomic E-state index is 0.108. The monoisotopic (exact) mass is 356 g/mol. The lowest BCUT2D eigenvalue weighted by Crippen LogP contribution is -2.19. The first kappa shape index (κ1) is 19.6. The Labute approximate surface area is 142 Å².